The smallest absolute Gasteiger partial charge is 0.247 e. The van der Waals surface area contributed by atoms with Crippen molar-refractivity contribution in [2.75, 3.05) is 22.9 Å². The van der Waals surface area contributed by atoms with Gasteiger partial charge in [0, 0.05) is 35.2 Å². The van der Waals surface area contributed by atoms with Crippen molar-refractivity contribution in [3.8, 4) is 0 Å². The lowest BCUT2D eigenvalue weighted by Crippen LogP contribution is -2.53. The van der Waals surface area contributed by atoms with E-state index in [0.29, 0.717) is 12.6 Å². The van der Waals surface area contributed by atoms with Crippen molar-refractivity contribution < 1.29 is 4.79 Å². The topological polar surface area (TPSA) is 35.6 Å². The SMILES string of the molecule is O=C(N1CCN(C2CC2)c2ccccc21)C1(NCc2cc(Br)ccc2Cl)CC1. The quantitative estimate of drug-likeness (QED) is 0.700. The fraction of sp³-hybridized carbons (Fsp3) is 0.409. The van der Waals surface area contributed by atoms with Crippen molar-refractivity contribution in [3.05, 3.63) is 57.5 Å². The summed E-state index contributed by atoms with van der Waals surface area (Å²) in [6.45, 7) is 2.27. The molecule has 5 rings (SSSR count). The van der Waals surface area contributed by atoms with E-state index in [1.54, 1.807) is 0 Å². The van der Waals surface area contributed by atoms with Gasteiger partial charge in [-0.25, -0.2) is 0 Å². The number of benzene rings is 2. The predicted molar refractivity (Wildman–Crippen MR) is 117 cm³/mol. The van der Waals surface area contributed by atoms with Gasteiger partial charge in [-0.3, -0.25) is 10.1 Å². The molecule has 2 aliphatic carbocycles. The van der Waals surface area contributed by atoms with Crippen LogP contribution in [-0.2, 0) is 11.3 Å². The van der Waals surface area contributed by atoms with Gasteiger partial charge in [0.2, 0.25) is 5.91 Å². The van der Waals surface area contributed by atoms with Crippen LogP contribution in [0, 0.1) is 0 Å². The zero-order valence-corrected chi connectivity index (χ0v) is 18.0. The highest BCUT2D eigenvalue weighted by molar-refractivity contribution is 9.10. The molecule has 2 aromatic carbocycles. The third-order valence-electron chi connectivity index (χ3n) is 6.06. The Morgan fingerprint density at radius 2 is 1.89 bits per heavy atom. The fourth-order valence-corrected chi connectivity index (χ4v) is 4.75. The van der Waals surface area contributed by atoms with Crippen LogP contribution in [0.25, 0.3) is 0 Å². The van der Waals surface area contributed by atoms with Crippen LogP contribution in [-0.4, -0.2) is 30.6 Å². The molecular formula is C22H23BrClN3O. The lowest BCUT2D eigenvalue weighted by atomic mass is 10.1. The van der Waals surface area contributed by atoms with E-state index in [4.69, 9.17) is 11.6 Å². The zero-order valence-electron chi connectivity index (χ0n) is 15.6. The van der Waals surface area contributed by atoms with Gasteiger partial charge in [0.15, 0.2) is 0 Å². The first-order valence-electron chi connectivity index (χ1n) is 9.94. The van der Waals surface area contributed by atoms with Gasteiger partial charge in [-0.1, -0.05) is 39.7 Å². The summed E-state index contributed by atoms with van der Waals surface area (Å²) in [5.74, 6) is 0.196. The summed E-state index contributed by atoms with van der Waals surface area (Å²) < 4.78 is 0.995. The Bertz CT molecular complexity index is 926. The van der Waals surface area contributed by atoms with Crippen LogP contribution < -0.4 is 15.1 Å². The number of hydrogen-bond acceptors (Lipinski definition) is 3. The molecule has 0 aromatic heterocycles. The third kappa shape index (κ3) is 3.34. The summed E-state index contributed by atoms with van der Waals surface area (Å²) in [5.41, 5.74) is 2.81. The van der Waals surface area contributed by atoms with E-state index < -0.39 is 5.54 Å². The van der Waals surface area contributed by atoms with E-state index in [1.807, 2.05) is 29.2 Å². The summed E-state index contributed by atoms with van der Waals surface area (Å²) in [6.07, 6.45) is 4.28. The van der Waals surface area contributed by atoms with Crippen molar-refractivity contribution >= 4 is 44.8 Å². The number of nitrogens with zero attached hydrogens (tertiary/aromatic N) is 2. The number of halogens is 2. The third-order valence-corrected chi connectivity index (χ3v) is 6.93. The van der Waals surface area contributed by atoms with E-state index in [1.165, 1.54) is 18.5 Å². The Morgan fingerprint density at radius 1 is 1.14 bits per heavy atom. The number of hydrogen-bond donors (Lipinski definition) is 1. The number of rotatable bonds is 5. The maximum atomic E-state index is 13.5. The van der Waals surface area contributed by atoms with Crippen molar-refractivity contribution in [3.63, 3.8) is 0 Å². The second-order valence-electron chi connectivity index (χ2n) is 8.04. The molecule has 0 atom stereocenters. The molecule has 6 heteroatoms. The lowest BCUT2D eigenvalue weighted by Gasteiger charge is -2.39. The number of nitrogens with one attached hydrogen (secondary N) is 1. The molecule has 0 unspecified atom stereocenters. The van der Waals surface area contributed by atoms with Crippen LogP contribution in [0.2, 0.25) is 5.02 Å². The monoisotopic (exact) mass is 459 g/mol. The number of carbonyl (C=O) groups is 1. The Hall–Kier alpha value is -1.56. The standard InChI is InChI=1S/C22H23BrClN3O/c23-16-5-8-18(24)15(13-16)14-25-22(9-10-22)21(28)27-12-11-26(17-6-7-17)19-3-1-2-4-20(19)27/h1-5,8,13,17,25H,6-7,9-12,14H2. The Morgan fingerprint density at radius 3 is 2.61 bits per heavy atom. The summed E-state index contributed by atoms with van der Waals surface area (Å²) >= 11 is 9.83. The van der Waals surface area contributed by atoms with Crippen LogP contribution in [0.3, 0.4) is 0 Å². The minimum absolute atomic E-state index is 0.196. The molecular weight excluding hydrogens is 438 g/mol. The molecule has 1 aliphatic heterocycles. The Kier molecular flexibility index (Phi) is 4.65. The summed E-state index contributed by atoms with van der Waals surface area (Å²) in [4.78, 5) is 18.0. The molecule has 28 heavy (non-hydrogen) atoms. The molecule has 0 bridgehead atoms. The summed E-state index contributed by atoms with van der Waals surface area (Å²) in [6, 6.07) is 14.8. The van der Waals surface area contributed by atoms with Crippen molar-refractivity contribution in [1.82, 2.24) is 5.32 Å². The van der Waals surface area contributed by atoms with Crippen LogP contribution in [0.1, 0.15) is 31.2 Å². The van der Waals surface area contributed by atoms with Crippen molar-refractivity contribution in [2.24, 2.45) is 0 Å². The molecule has 0 radical (unpaired) electrons. The molecule has 146 valence electrons. The maximum absolute atomic E-state index is 13.5. The largest absolute Gasteiger partial charge is 0.365 e. The van der Waals surface area contributed by atoms with Crippen LogP contribution in [0.5, 0.6) is 0 Å². The highest BCUT2D eigenvalue weighted by Gasteiger charge is 2.52. The van der Waals surface area contributed by atoms with Crippen molar-refractivity contribution in [2.45, 2.75) is 43.8 Å². The second-order valence-corrected chi connectivity index (χ2v) is 9.36. The number of anilines is 2. The van der Waals surface area contributed by atoms with Crippen LogP contribution in [0.4, 0.5) is 11.4 Å². The number of para-hydroxylation sites is 2. The van der Waals surface area contributed by atoms with Gasteiger partial charge in [-0.15, -0.1) is 0 Å². The van der Waals surface area contributed by atoms with E-state index in [-0.39, 0.29) is 5.91 Å². The van der Waals surface area contributed by atoms with Gasteiger partial charge >= 0.3 is 0 Å². The second kappa shape index (κ2) is 7.05. The molecule has 1 heterocycles. The zero-order chi connectivity index (χ0) is 19.3. The van der Waals surface area contributed by atoms with Crippen molar-refractivity contribution in [1.29, 1.82) is 0 Å². The number of amides is 1. The maximum Gasteiger partial charge on any atom is 0.247 e. The average Bonchev–Trinajstić information content (AvgIpc) is 3.62. The highest BCUT2D eigenvalue weighted by atomic mass is 79.9. The minimum Gasteiger partial charge on any atom is -0.365 e. The van der Waals surface area contributed by atoms with Gasteiger partial charge in [-0.2, -0.15) is 0 Å². The molecule has 4 nitrogen and oxygen atoms in total. The predicted octanol–water partition coefficient (Wildman–Crippen LogP) is 4.74. The van der Waals surface area contributed by atoms with Gasteiger partial charge in [-0.05, 0) is 61.6 Å². The van der Waals surface area contributed by atoms with Gasteiger partial charge in [0.1, 0.15) is 0 Å². The van der Waals surface area contributed by atoms with Gasteiger partial charge < -0.3 is 9.80 Å². The normalized spacial score (nSPS) is 20.1. The molecule has 0 saturated heterocycles. The lowest BCUT2D eigenvalue weighted by molar-refractivity contribution is -0.121. The Balaban J connectivity index is 1.35. The van der Waals surface area contributed by atoms with E-state index in [0.717, 1.165) is 46.7 Å². The summed E-state index contributed by atoms with van der Waals surface area (Å²) in [5, 5.41) is 4.24. The molecule has 1 amide bonds. The minimum atomic E-state index is -0.458. The van der Waals surface area contributed by atoms with Crippen LogP contribution in [0.15, 0.2) is 46.9 Å². The number of fused-ring (bicyclic) bond motifs is 1. The molecule has 2 aromatic rings. The fourth-order valence-electron chi connectivity index (χ4n) is 4.15. The molecule has 1 N–H and O–H groups in total. The van der Waals surface area contributed by atoms with Crippen LogP contribution >= 0.6 is 27.5 Å². The Labute approximate surface area is 179 Å². The van der Waals surface area contributed by atoms with Gasteiger partial charge in [0.05, 0.1) is 16.9 Å². The van der Waals surface area contributed by atoms with E-state index >= 15 is 0 Å². The first kappa shape index (κ1) is 18.5. The number of carbonyl (C=O) groups excluding carboxylic acids is 1. The first-order valence-corrected chi connectivity index (χ1v) is 11.1. The first-order chi connectivity index (χ1) is 13.6. The molecule has 3 aliphatic rings. The average molecular weight is 461 g/mol. The molecule has 0 spiro atoms. The molecule has 2 saturated carbocycles. The van der Waals surface area contributed by atoms with E-state index in [9.17, 15) is 4.79 Å². The van der Waals surface area contributed by atoms with E-state index in [2.05, 4.69) is 44.3 Å². The van der Waals surface area contributed by atoms with Gasteiger partial charge in [0.25, 0.3) is 0 Å². The highest BCUT2D eigenvalue weighted by Crippen LogP contribution is 2.44. The molecule has 2 fully saturated rings. The summed E-state index contributed by atoms with van der Waals surface area (Å²) in [7, 11) is 0.